The average Bonchev–Trinajstić information content (AvgIpc) is 3.06. The lowest BCUT2D eigenvalue weighted by Gasteiger charge is -2.31. The van der Waals surface area contributed by atoms with E-state index < -0.39 is 0 Å². The molecule has 1 fully saturated rings. The molecule has 0 bridgehead atoms. The molecule has 8 heteroatoms. The standard InChI is InChI=1S/C20H22ClN5O2/c1-24-14-23-26(20(24)27)16-7-5-15(6-8-16)22-13-17-18(21)3-2-4-19(17)25-9-11-28-12-10-25/h2-8,14,22H,9-13H2,1H3. The molecule has 0 atom stereocenters. The van der Waals surface area contributed by atoms with Crippen LogP contribution in [0.4, 0.5) is 11.4 Å². The van der Waals surface area contributed by atoms with Crippen molar-refractivity contribution in [2.75, 3.05) is 36.5 Å². The number of nitrogens with one attached hydrogen (secondary N) is 1. The maximum atomic E-state index is 12.0. The van der Waals surface area contributed by atoms with Gasteiger partial charge in [0, 0.05) is 48.6 Å². The van der Waals surface area contributed by atoms with Gasteiger partial charge in [0.05, 0.1) is 18.9 Å². The van der Waals surface area contributed by atoms with E-state index in [2.05, 4.69) is 21.4 Å². The van der Waals surface area contributed by atoms with Gasteiger partial charge < -0.3 is 15.0 Å². The molecule has 1 aliphatic heterocycles. The first kappa shape index (κ1) is 18.6. The molecule has 0 aliphatic carbocycles. The van der Waals surface area contributed by atoms with E-state index in [9.17, 15) is 4.79 Å². The van der Waals surface area contributed by atoms with Gasteiger partial charge in [0.25, 0.3) is 0 Å². The second-order valence-electron chi connectivity index (χ2n) is 6.67. The Morgan fingerprint density at radius 2 is 1.89 bits per heavy atom. The van der Waals surface area contributed by atoms with Crippen molar-refractivity contribution in [3.8, 4) is 5.69 Å². The molecule has 0 amide bonds. The predicted octanol–water partition coefficient (Wildman–Crippen LogP) is 2.67. The lowest BCUT2D eigenvalue weighted by Crippen LogP contribution is -2.37. The van der Waals surface area contributed by atoms with Gasteiger partial charge in [0.1, 0.15) is 6.33 Å². The van der Waals surface area contributed by atoms with Gasteiger partial charge in [-0.2, -0.15) is 9.78 Å². The topological polar surface area (TPSA) is 64.3 Å². The second-order valence-corrected chi connectivity index (χ2v) is 7.08. The van der Waals surface area contributed by atoms with Gasteiger partial charge in [0.15, 0.2) is 0 Å². The van der Waals surface area contributed by atoms with E-state index in [1.807, 2.05) is 36.4 Å². The number of ether oxygens (including phenoxy) is 1. The Bertz CT molecular complexity index is 1010. The Labute approximate surface area is 168 Å². The predicted molar refractivity (Wildman–Crippen MR) is 111 cm³/mol. The highest BCUT2D eigenvalue weighted by molar-refractivity contribution is 6.31. The van der Waals surface area contributed by atoms with Crippen molar-refractivity contribution < 1.29 is 4.74 Å². The highest BCUT2D eigenvalue weighted by atomic mass is 35.5. The van der Waals surface area contributed by atoms with Crippen LogP contribution in [0.3, 0.4) is 0 Å². The number of rotatable bonds is 5. The molecule has 0 saturated carbocycles. The van der Waals surface area contributed by atoms with Gasteiger partial charge in [-0.05, 0) is 36.4 Å². The fraction of sp³-hybridized carbons (Fsp3) is 0.300. The van der Waals surface area contributed by atoms with Crippen molar-refractivity contribution in [1.82, 2.24) is 14.3 Å². The number of aryl methyl sites for hydroxylation is 1. The summed E-state index contributed by atoms with van der Waals surface area (Å²) in [5.74, 6) is 0. The van der Waals surface area contributed by atoms with Gasteiger partial charge in [-0.3, -0.25) is 4.57 Å². The van der Waals surface area contributed by atoms with Crippen molar-refractivity contribution in [1.29, 1.82) is 0 Å². The van der Waals surface area contributed by atoms with E-state index in [1.165, 1.54) is 15.6 Å². The van der Waals surface area contributed by atoms with E-state index in [0.29, 0.717) is 6.54 Å². The SMILES string of the molecule is Cn1cnn(-c2ccc(NCc3c(Cl)cccc3N3CCOCC3)cc2)c1=O. The van der Waals surface area contributed by atoms with Gasteiger partial charge in [0.2, 0.25) is 0 Å². The molecule has 1 aromatic heterocycles. The molecule has 0 spiro atoms. The molecule has 2 aromatic carbocycles. The van der Waals surface area contributed by atoms with Crippen LogP contribution in [0, 0.1) is 0 Å². The van der Waals surface area contributed by atoms with E-state index in [1.54, 1.807) is 7.05 Å². The van der Waals surface area contributed by atoms with Crippen LogP contribution >= 0.6 is 11.6 Å². The fourth-order valence-corrected chi connectivity index (χ4v) is 3.52. The molecule has 1 N–H and O–H groups in total. The molecular formula is C20H22ClN5O2. The minimum Gasteiger partial charge on any atom is -0.381 e. The van der Waals surface area contributed by atoms with E-state index in [0.717, 1.165) is 54.0 Å². The molecule has 146 valence electrons. The van der Waals surface area contributed by atoms with Crippen LogP contribution < -0.4 is 15.9 Å². The Balaban J connectivity index is 1.50. The number of morpholine rings is 1. The van der Waals surface area contributed by atoms with E-state index >= 15 is 0 Å². The van der Waals surface area contributed by atoms with Crippen molar-refractivity contribution >= 4 is 23.0 Å². The third-order valence-corrected chi connectivity index (χ3v) is 5.20. The third-order valence-electron chi connectivity index (χ3n) is 4.85. The highest BCUT2D eigenvalue weighted by Gasteiger charge is 2.16. The Kier molecular flexibility index (Phi) is 5.36. The monoisotopic (exact) mass is 399 g/mol. The van der Waals surface area contributed by atoms with Gasteiger partial charge in [-0.25, -0.2) is 4.79 Å². The summed E-state index contributed by atoms with van der Waals surface area (Å²) in [5, 5.41) is 8.27. The maximum absolute atomic E-state index is 12.0. The molecule has 1 saturated heterocycles. The molecule has 2 heterocycles. The summed E-state index contributed by atoms with van der Waals surface area (Å²) in [7, 11) is 1.68. The Hall–Kier alpha value is -2.77. The molecule has 3 aromatic rings. The smallest absolute Gasteiger partial charge is 0.350 e. The summed E-state index contributed by atoms with van der Waals surface area (Å²) < 4.78 is 8.27. The summed E-state index contributed by atoms with van der Waals surface area (Å²) in [6.07, 6.45) is 1.50. The lowest BCUT2D eigenvalue weighted by molar-refractivity contribution is 0.122. The number of anilines is 2. The van der Waals surface area contributed by atoms with Crippen LogP contribution in [0.2, 0.25) is 5.02 Å². The number of hydrogen-bond acceptors (Lipinski definition) is 5. The quantitative estimate of drug-likeness (QED) is 0.714. The Morgan fingerprint density at radius 3 is 2.57 bits per heavy atom. The maximum Gasteiger partial charge on any atom is 0.350 e. The first-order chi connectivity index (χ1) is 13.6. The summed E-state index contributed by atoms with van der Waals surface area (Å²) in [6, 6.07) is 13.6. The highest BCUT2D eigenvalue weighted by Crippen LogP contribution is 2.29. The largest absolute Gasteiger partial charge is 0.381 e. The van der Waals surface area contributed by atoms with Gasteiger partial charge in [-0.15, -0.1) is 0 Å². The normalized spacial score (nSPS) is 14.3. The molecule has 4 rings (SSSR count). The van der Waals surface area contributed by atoms with Gasteiger partial charge >= 0.3 is 5.69 Å². The number of hydrogen-bond donors (Lipinski definition) is 1. The van der Waals surface area contributed by atoms with Crippen LogP contribution in [0.1, 0.15) is 5.56 Å². The van der Waals surface area contributed by atoms with Crippen molar-refractivity contribution in [3.63, 3.8) is 0 Å². The lowest BCUT2D eigenvalue weighted by atomic mass is 10.1. The molecule has 1 aliphatic rings. The Morgan fingerprint density at radius 1 is 1.14 bits per heavy atom. The zero-order valence-corrected chi connectivity index (χ0v) is 16.4. The number of aromatic nitrogens is 3. The summed E-state index contributed by atoms with van der Waals surface area (Å²) in [6.45, 7) is 3.79. The van der Waals surface area contributed by atoms with Crippen molar-refractivity contribution in [2.45, 2.75) is 6.54 Å². The van der Waals surface area contributed by atoms with E-state index in [4.69, 9.17) is 16.3 Å². The molecule has 0 unspecified atom stereocenters. The number of halogens is 1. The fourth-order valence-electron chi connectivity index (χ4n) is 3.29. The van der Waals surface area contributed by atoms with Crippen LogP contribution in [-0.4, -0.2) is 40.7 Å². The number of benzene rings is 2. The summed E-state index contributed by atoms with van der Waals surface area (Å²) >= 11 is 6.49. The van der Waals surface area contributed by atoms with Crippen LogP contribution in [0.5, 0.6) is 0 Å². The summed E-state index contributed by atoms with van der Waals surface area (Å²) in [4.78, 5) is 14.3. The summed E-state index contributed by atoms with van der Waals surface area (Å²) in [5.41, 5.74) is 3.70. The van der Waals surface area contributed by atoms with Gasteiger partial charge in [-0.1, -0.05) is 17.7 Å². The van der Waals surface area contributed by atoms with Crippen LogP contribution in [-0.2, 0) is 18.3 Å². The minimum atomic E-state index is -0.174. The zero-order valence-electron chi connectivity index (χ0n) is 15.6. The molecule has 28 heavy (non-hydrogen) atoms. The first-order valence-electron chi connectivity index (χ1n) is 9.18. The first-order valence-corrected chi connectivity index (χ1v) is 9.56. The third kappa shape index (κ3) is 3.76. The minimum absolute atomic E-state index is 0.174. The van der Waals surface area contributed by atoms with E-state index in [-0.39, 0.29) is 5.69 Å². The van der Waals surface area contributed by atoms with Crippen LogP contribution in [0.15, 0.2) is 53.6 Å². The number of nitrogens with zero attached hydrogens (tertiary/aromatic N) is 4. The molecule has 7 nitrogen and oxygen atoms in total. The average molecular weight is 400 g/mol. The van der Waals surface area contributed by atoms with Crippen molar-refractivity contribution in [3.05, 3.63) is 69.9 Å². The van der Waals surface area contributed by atoms with Crippen molar-refractivity contribution in [2.24, 2.45) is 7.05 Å². The molecular weight excluding hydrogens is 378 g/mol. The van der Waals surface area contributed by atoms with Crippen LogP contribution in [0.25, 0.3) is 5.69 Å². The second kappa shape index (κ2) is 8.08. The molecule has 0 radical (unpaired) electrons. The zero-order chi connectivity index (χ0) is 19.5.